The number of aryl methyl sites for hydroxylation is 1. The molecule has 1 aromatic heterocycles. The van der Waals surface area contributed by atoms with Crippen LogP contribution in [0.5, 0.6) is 0 Å². The van der Waals surface area contributed by atoms with Crippen LogP contribution in [0.15, 0.2) is 24.4 Å². The second-order valence-electron chi connectivity index (χ2n) is 7.44. The van der Waals surface area contributed by atoms with Crippen molar-refractivity contribution in [2.45, 2.75) is 34.1 Å². The van der Waals surface area contributed by atoms with Crippen molar-refractivity contribution < 1.29 is 0 Å². The lowest BCUT2D eigenvalue weighted by molar-refractivity contribution is 0.604. The Hall–Kier alpha value is -2.37. The molecule has 6 heteroatoms. The zero-order chi connectivity index (χ0) is 18.5. The Kier molecular flexibility index (Phi) is 5.91. The van der Waals surface area contributed by atoms with Crippen LogP contribution in [-0.2, 0) is 0 Å². The Bertz CT molecular complexity index is 722. The number of rotatable bonds is 6. The summed E-state index contributed by atoms with van der Waals surface area (Å²) in [7, 11) is 0. The minimum absolute atomic E-state index is 0.625. The molecule has 6 nitrogen and oxygen atoms in total. The van der Waals surface area contributed by atoms with Crippen molar-refractivity contribution in [2.24, 2.45) is 5.92 Å². The Morgan fingerprint density at radius 1 is 1.08 bits per heavy atom. The number of hydrogen-bond acceptors (Lipinski definition) is 6. The van der Waals surface area contributed by atoms with E-state index in [-0.39, 0.29) is 0 Å². The van der Waals surface area contributed by atoms with Crippen molar-refractivity contribution in [1.29, 1.82) is 0 Å². The highest BCUT2D eigenvalue weighted by molar-refractivity contribution is 5.57. The lowest BCUT2D eigenvalue weighted by Gasteiger charge is -2.37. The quantitative estimate of drug-likeness (QED) is 0.859. The van der Waals surface area contributed by atoms with E-state index in [2.05, 4.69) is 76.2 Å². The topological polar surface area (TPSA) is 57.2 Å². The highest BCUT2D eigenvalue weighted by Crippen LogP contribution is 2.24. The van der Waals surface area contributed by atoms with Gasteiger partial charge >= 0.3 is 0 Å². The molecule has 0 spiro atoms. The number of aromatic nitrogens is 3. The first-order chi connectivity index (χ1) is 12.5. The van der Waals surface area contributed by atoms with Gasteiger partial charge in [-0.1, -0.05) is 26.0 Å². The summed E-state index contributed by atoms with van der Waals surface area (Å²) in [5, 5.41) is 11.5. The third-order valence-corrected chi connectivity index (χ3v) is 5.07. The molecule has 2 heterocycles. The van der Waals surface area contributed by atoms with Gasteiger partial charge in [0.25, 0.3) is 0 Å². The van der Waals surface area contributed by atoms with Crippen molar-refractivity contribution in [2.75, 3.05) is 47.8 Å². The first kappa shape index (κ1) is 18.4. The monoisotopic (exact) mass is 354 g/mol. The van der Waals surface area contributed by atoms with Gasteiger partial charge in [0.15, 0.2) is 5.82 Å². The highest BCUT2D eigenvalue weighted by atomic mass is 15.3. The van der Waals surface area contributed by atoms with Crippen LogP contribution in [0.3, 0.4) is 0 Å². The fraction of sp³-hybridized carbons (Fsp3) is 0.550. The molecule has 1 aliphatic rings. The average Bonchev–Trinajstić information content (AvgIpc) is 2.64. The van der Waals surface area contributed by atoms with Crippen molar-refractivity contribution in [3.05, 3.63) is 35.5 Å². The van der Waals surface area contributed by atoms with E-state index in [0.717, 1.165) is 45.0 Å². The van der Waals surface area contributed by atoms with Gasteiger partial charge in [-0.15, -0.1) is 5.10 Å². The Balaban J connectivity index is 1.60. The summed E-state index contributed by atoms with van der Waals surface area (Å²) >= 11 is 0. The number of piperazine rings is 1. The third kappa shape index (κ3) is 4.42. The lowest BCUT2D eigenvalue weighted by atomic mass is 10.1. The number of benzene rings is 1. The number of nitrogens with one attached hydrogen (secondary N) is 1. The molecule has 140 valence electrons. The zero-order valence-corrected chi connectivity index (χ0v) is 16.4. The number of hydrogen-bond donors (Lipinski definition) is 1. The molecule has 26 heavy (non-hydrogen) atoms. The van der Waals surface area contributed by atoms with E-state index in [1.165, 1.54) is 16.8 Å². The summed E-state index contributed by atoms with van der Waals surface area (Å²) in [6.45, 7) is 13.6. The maximum Gasteiger partial charge on any atom is 0.244 e. The van der Waals surface area contributed by atoms with Crippen LogP contribution in [0.1, 0.15) is 31.4 Å². The van der Waals surface area contributed by atoms with Crippen LogP contribution in [-0.4, -0.2) is 47.9 Å². The molecule has 2 aromatic rings. The molecule has 3 rings (SSSR count). The Labute approximate surface area is 156 Å². The fourth-order valence-corrected chi connectivity index (χ4v) is 3.25. The summed E-state index contributed by atoms with van der Waals surface area (Å²) in [5.74, 6) is 2.20. The molecule has 1 saturated heterocycles. The van der Waals surface area contributed by atoms with E-state index in [4.69, 9.17) is 0 Å². The third-order valence-electron chi connectivity index (χ3n) is 5.07. The molecule has 0 saturated carbocycles. The van der Waals surface area contributed by atoms with Crippen LogP contribution >= 0.6 is 0 Å². The normalized spacial score (nSPS) is 14.8. The van der Waals surface area contributed by atoms with Gasteiger partial charge in [0, 0.05) is 38.4 Å². The zero-order valence-electron chi connectivity index (χ0n) is 16.4. The lowest BCUT2D eigenvalue weighted by Crippen LogP contribution is -2.47. The van der Waals surface area contributed by atoms with E-state index >= 15 is 0 Å². The van der Waals surface area contributed by atoms with Gasteiger partial charge in [0.1, 0.15) is 0 Å². The molecule has 1 aliphatic heterocycles. The van der Waals surface area contributed by atoms with Crippen LogP contribution in [0.4, 0.5) is 17.5 Å². The smallest absolute Gasteiger partial charge is 0.244 e. The van der Waals surface area contributed by atoms with E-state index in [1.807, 2.05) is 0 Å². The Morgan fingerprint density at radius 2 is 1.81 bits per heavy atom. The van der Waals surface area contributed by atoms with Crippen molar-refractivity contribution in [1.82, 2.24) is 15.2 Å². The first-order valence-electron chi connectivity index (χ1n) is 9.54. The molecule has 0 radical (unpaired) electrons. The van der Waals surface area contributed by atoms with Crippen molar-refractivity contribution in [3.63, 3.8) is 0 Å². The van der Waals surface area contributed by atoms with Crippen molar-refractivity contribution in [3.8, 4) is 0 Å². The van der Waals surface area contributed by atoms with Gasteiger partial charge in [0.2, 0.25) is 5.95 Å². The van der Waals surface area contributed by atoms with Gasteiger partial charge in [-0.2, -0.15) is 10.1 Å². The standard InChI is InChI=1S/C20H30N6/c1-15(2)8-9-21-20-23-19(14-22-24-20)26-12-10-25(11-13-26)18-7-5-6-16(3)17(18)4/h5-7,14-15H,8-13H2,1-4H3,(H,21,23,24). The van der Waals surface area contributed by atoms with Crippen molar-refractivity contribution >= 4 is 17.5 Å². The molecular weight excluding hydrogens is 324 g/mol. The van der Waals surface area contributed by atoms with Gasteiger partial charge in [0.05, 0.1) is 6.20 Å². The first-order valence-corrected chi connectivity index (χ1v) is 9.54. The van der Waals surface area contributed by atoms with Crippen LogP contribution in [0.25, 0.3) is 0 Å². The van der Waals surface area contributed by atoms with E-state index < -0.39 is 0 Å². The number of nitrogens with zero attached hydrogens (tertiary/aromatic N) is 5. The van der Waals surface area contributed by atoms with Gasteiger partial charge < -0.3 is 15.1 Å². The summed E-state index contributed by atoms with van der Waals surface area (Å²) in [6.07, 6.45) is 2.86. The summed E-state index contributed by atoms with van der Waals surface area (Å²) < 4.78 is 0. The minimum Gasteiger partial charge on any atom is -0.368 e. The van der Waals surface area contributed by atoms with E-state index in [1.54, 1.807) is 6.20 Å². The minimum atomic E-state index is 0.625. The average molecular weight is 355 g/mol. The van der Waals surface area contributed by atoms with Crippen LogP contribution in [0, 0.1) is 19.8 Å². The number of anilines is 3. The molecule has 0 aliphatic carbocycles. The molecule has 0 amide bonds. The predicted molar refractivity (Wildman–Crippen MR) is 108 cm³/mol. The second-order valence-corrected chi connectivity index (χ2v) is 7.44. The molecule has 1 N–H and O–H groups in total. The molecular formula is C20H30N6. The summed E-state index contributed by atoms with van der Waals surface area (Å²) in [5.41, 5.74) is 4.07. The maximum atomic E-state index is 4.65. The second kappa shape index (κ2) is 8.34. The summed E-state index contributed by atoms with van der Waals surface area (Å²) in [6, 6.07) is 6.55. The van der Waals surface area contributed by atoms with Gasteiger partial charge in [-0.3, -0.25) is 0 Å². The summed E-state index contributed by atoms with van der Waals surface area (Å²) in [4.78, 5) is 9.41. The molecule has 0 atom stereocenters. The molecule has 1 fully saturated rings. The maximum absolute atomic E-state index is 4.65. The van der Waals surface area contributed by atoms with Gasteiger partial charge in [-0.25, -0.2) is 0 Å². The molecule has 0 unspecified atom stereocenters. The van der Waals surface area contributed by atoms with E-state index in [0.29, 0.717) is 11.9 Å². The molecule has 0 bridgehead atoms. The highest BCUT2D eigenvalue weighted by Gasteiger charge is 2.20. The van der Waals surface area contributed by atoms with Crippen LogP contribution < -0.4 is 15.1 Å². The molecule has 1 aromatic carbocycles. The van der Waals surface area contributed by atoms with E-state index in [9.17, 15) is 0 Å². The Morgan fingerprint density at radius 3 is 2.54 bits per heavy atom. The predicted octanol–water partition coefficient (Wildman–Crippen LogP) is 3.27. The fourth-order valence-electron chi connectivity index (χ4n) is 3.25. The van der Waals surface area contributed by atoms with Gasteiger partial charge in [-0.05, 0) is 43.4 Å². The van der Waals surface area contributed by atoms with Crippen LogP contribution in [0.2, 0.25) is 0 Å². The SMILES string of the molecule is Cc1cccc(N2CCN(c3cnnc(NCCC(C)C)n3)CC2)c1C. The largest absolute Gasteiger partial charge is 0.368 e.